The van der Waals surface area contributed by atoms with Crippen molar-refractivity contribution >= 4 is 5.78 Å². The van der Waals surface area contributed by atoms with Gasteiger partial charge in [0.1, 0.15) is 5.60 Å². The Kier molecular flexibility index (Phi) is 6.19. The van der Waals surface area contributed by atoms with Crippen molar-refractivity contribution in [1.29, 1.82) is 0 Å². The number of ketones is 1. The fraction of sp³-hybridized carbons (Fsp3) is 0.700. The van der Waals surface area contributed by atoms with Crippen LogP contribution < -0.4 is 0 Å². The first-order chi connectivity index (χ1) is 18.2. The number of halogens is 5. The van der Waals surface area contributed by atoms with Gasteiger partial charge < -0.3 is 14.6 Å². The van der Waals surface area contributed by atoms with Crippen LogP contribution in [0.1, 0.15) is 80.6 Å². The molecule has 3 saturated carbocycles. The van der Waals surface area contributed by atoms with Crippen molar-refractivity contribution in [1.82, 2.24) is 0 Å². The van der Waals surface area contributed by atoms with Crippen LogP contribution in [0.4, 0.5) is 22.0 Å². The van der Waals surface area contributed by atoms with Crippen molar-refractivity contribution in [2.24, 2.45) is 29.1 Å². The van der Waals surface area contributed by atoms with Crippen molar-refractivity contribution in [3.63, 3.8) is 0 Å². The van der Waals surface area contributed by atoms with E-state index in [4.69, 9.17) is 9.47 Å². The van der Waals surface area contributed by atoms with E-state index in [1.165, 1.54) is 19.4 Å². The Morgan fingerprint density at radius 2 is 1.67 bits per heavy atom. The molecule has 39 heavy (non-hydrogen) atoms. The molecule has 1 spiro atoms. The molecule has 4 aliphatic carbocycles. The molecule has 7 atom stereocenters. The first-order valence-corrected chi connectivity index (χ1v) is 14.0. The van der Waals surface area contributed by atoms with Crippen molar-refractivity contribution in [3.05, 3.63) is 47.0 Å². The number of Topliss-reactive ketones (excluding diaryl/α,β-unsaturated/α-hetero) is 1. The van der Waals surface area contributed by atoms with Crippen molar-refractivity contribution < 1.29 is 41.3 Å². The molecule has 9 heteroatoms. The normalized spacial score (nSPS) is 39.6. The van der Waals surface area contributed by atoms with Gasteiger partial charge in [-0.15, -0.1) is 0 Å². The summed E-state index contributed by atoms with van der Waals surface area (Å²) in [6.45, 7) is 3.99. The Labute approximate surface area is 224 Å². The van der Waals surface area contributed by atoms with Crippen LogP contribution in [0.15, 0.2) is 35.9 Å². The van der Waals surface area contributed by atoms with Crippen molar-refractivity contribution in [2.75, 3.05) is 13.2 Å². The van der Waals surface area contributed by atoms with Crippen LogP contribution in [0.5, 0.6) is 0 Å². The summed E-state index contributed by atoms with van der Waals surface area (Å²) in [6, 6.07) is 7.01. The van der Waals surface area contributed by atoms with Crippen molar-refractivity contribution in [3.8, 4) is 0 Å². The Morgan fingerprint density at radius 1 is 1.00 bits per heavy atom. The zero-order valence-corrected chi connectivity index (χ0v) is 22.2. The number of ether oxygens (including phenoxy) is 2. The van der Waals surface area contributed by atoms with Crippen LogP contribution in [0.2, 0.25) is 0 Å². The second-order valence-corrected chi connectivity index (χ2v) is 12.7. The Morgan fingerprint density at radius 3 is 2.28 bits per heavy atom. The van der Waals surface area contributed by atoms with Crippen molar-refractivity contribution in [2.45, 2.75) is 88.2 Å². The van der Waals surface area contributed by atoms with Crippen LogP contribution in [0, 0.1) is 29.1 Å². The molecule has 4 fully saturated rings. The van der Waals surface area contributed by atoms with Crippen LogP contribution in [0.25, 0.3) is 0 Å². The third kappa shape index (κ3) is 3.82. The molecule has 0 aromatic heterocycles. The minimum absolute atomic E-state index is 0.0162. The van der Waals surface area contributed by atoms with Gasteiger partial charge in [0.25, 0.3) is 0 Å². The van der Waals surface area contributed by atoms with Gasteiger partial charge in [-0.2, -0.15) is 22.0 Å². The molecule has 1 saturated heterocycles. The lowest BCUT2D eigenvalue weighted by Crippen LogP contribution is -2.66. The standard InChI is InChI=1S/C30H35F5O4/c1-17(36)18-3-5-19(6-4-18)23-16-26(2)24(10-12-28(26,37)29(31,32)30(33,34)35)22-8-7-20-15-27(38-13-14-39-27)11-9-21(20)25(22)23/h3-7,21-25,37H,8-16H2,1-2H3/t21-,22-,23+,24-,25+,26-,28+/m0/s1. The molecule has 1 heterocycles. The van der Waals surface area contributed by atoms with E-state index in [0.717, 1.165) is 12.0 Å². The van der Waals surface area contributed by atoms with Gasteiger partial charge in [-0.25, -0.2) is 0 Å². The fourth-order valence-electron chi connectivity index (χ4n) is 9.18. The maximum Gasteiger partial charge on any atom is 0.456 e. The largest absolute Gasteiger partial charge is 0.456 e. The minimum Gasteiger partial charge on any atom is -0.383 e. The number of benzene rings is 1. The molecule has 4 nitrogen and oxygen atoms in total. The molecular weight excluding hydrogens is 519 g/mol. The smallest absolute Gasteiger partial charge is 0.383 e. The van der Waals surface area contributed by atoms with Crippen LogP contribution in [-0.2, 0) is 9.47 Å². The molecule has 1 aromatic carbocycles. The first kappa shape index (κ1) is 27.3. The molecular formula is C30H35F5O4. The molecule has 0 unspecified atom stereocenters. The number of aliphatic hydroxyl groups is 1. The highest BCUT2D eigenvalue weighted by Crippen LogP contribution is 2.71. The molecule has 1 N–H and O–H groups in total. The highest BCUT2D eigenvalue weighted by Gasteiger charge is 2.79. The topological polar surface area (TPSA) is 55.8 Å². The predicted molar refractivity (Wildman–Crippen MR) is 132 cm³/mol. The van der Waals surface area contributed by atoms with E-state index >= 15 is 8.78 Å². The number of carbonyl (C=O) groups is 1. The van der Waals surface area contributed by atoms with E-state index in [2.05, 4.69) is 6.08 Å². The Hall–Kier alpha value is -1.84. The van der Waals surface area contributed by atoms with Gasteiger partial charge in [-0.1, -0.05) is 42.8 Å². The SMILES string of the molecule is CC(=O)c1ccc([C@H]2C[C@@]3(C)[C@@H](CC[C@]3(O)C(F)(F)C(F)(F)F)[C@@H]3CC=C4CC5(CC[C@@H]4[C@H]32)OCCO5)cc1. The number of alkyl halides is 5. The average molecular weight is 555 g/mol. The molecule has 1 aliphatic heterocycles. The van der Waals surface area contributed by atoms with E-state index in [9.17, 15) is 23.1 Å². The van der Waals surface area contributed by atoms with Gasteiger partial charge in [-0.05, 0) is 74.2 Å². The third-order valence-corrected chi connectivity index (χ3v) is 11.0. The number of rotatable bonds is 3. The molecule has 214 valence electrons. The second kappa shape index (κ2) is 8.83. The highest BCUT2D eigenvalue weighted by molar-refractivity contribution is 5.94. The third-order valence-electron chi connectivity index (χ3n) is 11.0. The summed E-state index contributed by atoms with van der Waals surface area (Å²) in [7, 11) is 0. The second-order valence-electron chi connectivity index (χ2n) is 12.7. The number of carbonyl (C=O) groups excluding carboxylic acids is 1. The fourth-order valence-corrected chi connectivity index (χ4v) is 9.18. The lowest BCUT2D eigenvalue weighted by Gasteiger charge is -2.59. The van der Waals surface area contributed by atoms with E-state index in [0.29, 0.717) is 38.0 Å². The van der Waals surface area contributed by atoms with Crippen LogP contribution >= 0.6 is 0 Å². The molecule has 0 bridgehead atoms. The van der Waals surface area contributed by atoms with Gasteiger partial charge in [0, 0.05) is 23.8 Å². The molecule has 1 aromatic rings. The lowest BCUT2D eigenvalue weighted by atomic mass is 9.46. The van der Waals surface area contributed by atoms with E-state index in [-0.39, 0.29) is 42.3 Å². The predicted octanol–water partition coefficient (Wildman–Crippen LogP) is 6.83. The highest BCUT2D eigenvalue weighted by atomic mass is 19.4. The monoisotopic (exact) mass is 554 g/mol. The summed E-state index contributed by atoms with van der Waals surface area (Å²) in [5.41, 5.74) is -2.30. The summed E-state index contributed by atoms with van der Waals surface area (Å²) < 4.78 is 83.4. The minimum atomic E-state index is -5.85. The van der Waals surface area contributed by atoms with Gasteiger partial charge >= 0.3 is 12.1 Å². The summed E-state index contributed by atoms with van der Waals surface area (Å²) >= 11 is 0. The maximum absolute atomic E-state index is 15.1. The quantitative estimate of drug-likeness (QED) is 0.253. The Bertz CT molecular complexity index is 1170. The van der Waals surface area contributed by atoms with Gasteiger partial charge in [0.15, 0.2) is 11.6 Å². The number of hydrogen-bond donors (Lipinski definition) is 1. The Balaban J connectivity index is 1.44. The molecule has 0 amide bonds. The zero-order valence-electron chi connectivity index (χ0n) is 22.2. The van der Waals surface area contributed by atoms with Gasteiger partial charge in [0.05, 0.1) is 13.2 Å². The van der Waals surface area contributed by atoms with E-state index in [1.54, 1.807) is 12.1 Å². The number of allylic oxidation sites excluding steroid dienone is 1. The summed E-state index contributed by atoms with van der Waals surface area (Å²) in [5, 5.41) is 11.4. The summed E-state index contributed by atoms with van der Waals surface area (Å²) in [4.78, 5) is 11.9. The van der Waals surface area contributed by atoms with E-state index < -0.39 is 41.2 Å². The van der Waals surface area contributed by atoms with Gasteiger partial charge in [0.2, 0.25) is 0 Å². The van der Waals surface area contributed by atoms with Crippen LogP contribution in [-0.4, -0.2) is 47.6 Å². The zero-order chi connectivity index (χ0) is 28.0. The van der Waals surface area contributed by atoms with E-state index in [1.807, 2.05) is 12.1 Å². The maximum atomic E-state index is 15.1. The first-order valence-electron chi connectivity index (χ1n) is 14.0. The van der Waals surface area contributed by atoms with Crippen LogP contribution in [0.3, 0.4) is 0 Å². The summed E-state index contributed by atoms with van der Waals surface area (Å²) in [5.74, 6) is -6.79. The molecule has 6 rings (SSSR count). The average Bonchev–Trinajstić information content (AvgIpc) is 3.44. The number of hydrogen-bond acceptors (Lipinski definition) is 4. The molecule has 5 aliphatic rings. The summed E-state index contributed by atoms with van der Waals surface area (Å²) in [6.07, 6.45) is -1.49. The number of fused-ring (bicyclic) bond motifs is 5. The molecule has 0 radical (unpaired) electrons. The lowest BCUT2D eigenvalue weighted by molar-refractivity contribution is -0.363. The van der Waals surface area contributed by atoms with Gasteiger partial charge in [-0.3, -0.25) is 4.79 Å².